The number of carbonyl (C=O) groups is 1. The van der Waals surface area contributed by atoms with E-state index in [4.69, 9.17) is 14.2 Å². The molecule has 244 valence electrons. The molecule has 0 aliphatic carbocycles. The number of halogens is 3. The number of rotatable bonds is 10. The first-order chi connectivity index (χ1) is 22.7. The first kappa shape index (κ1) is 32.1. The summed E-state index contributed by atoms with van der Waals surface area (Å²) >= 11 is 0. The summed E-state index contributed by atoms with van der Waals surface area (Å²) in [6.07, 6.45) is 1.63. The number of aromatic nitrogens is 2. The summed E-state index contributed by atoms with van der Waals surface area (Å²) in [4.78, 5) is 24.5. The predicted molar refractivity (Wildman–Crippen MR) is 175 cm³/mol. The van der Waals surface area contributed by atoms with Gasteiger partial charge in [0.2, 0.25) is 5.88 Å². The Kier molecular flexibility index (Phi) is 9.44. The second-order valence-corrected chi connectivity index (χ2v) is 11.5. The maximum atomic E-state index is 13.4. The maximum Gasteiger partial charge on any atom is 0.416 e. The number of hydrogen-bond acceptors (Lipinski definition) is 7. The Labute approximate surface area is 270 Å². The summed E-state index contributed by atoms with van der Waals surface area (Å²) in [6.45, 7) is 5.20. The van der Waals surface area contributed by atoms with E-state index < -0.39 is 17.6 Å². The van der Waals surface area contributed by atoms with E-state index in [2.05, 4.69) is 20.2 Å². The molecule has 5 aromatic rings. The second-order valence-electron chi connectivity index (χ2n) is 11.5. The van der Waals surface area contributed by atoms with Crippen LogP contribution in [0.1, 0.15) is 47.2 Å². The molecule has 6 rings (SSSR count). The molecule has 1 amide bonds. The molecule has 4 aromatic carbocycles. The molecule has 0 radical (unpaired) electrons. The molecule has 0 unspecified atom stereocenters. The molecule has 1 aromatic heterocycles. The molecule has 1 fully saturated rings. The Hall–Kier alpha value is -4.90. The van der Waals surface area contributed by atoms with Gasteiger partial charge in [-0.15, -0.1) is 0 Å². The van der Waals surface area contributed by atoms with Crippen molar-refractivity contribution in [2.75, 3.05) is 38.7 Å². The SMILES string of the molecule is COc1cc2c(Oc3ccc4c(C(=O)Nc5cccc(C(F)(F)F)c5C)cccc4c3)ncnc2cc1OCCCN1CCCCC1. The number of alkyl halides is 3. The van der Waals surface area contributed by atoms with Crippen molar-refractivity contribution in [2.45, 2.75) is 38.8 Å². The lowest BCUT2D eigenvalue weighted by Crippen LogP contribution is -2.31. The van der Waals surface area contributed by atoms with Gasteiger partial charge in [0.25, 0.3) is 5.91 Å². The third kappa shape index (κ3) is 7.25. The van der Waals surface area contributed by atoms with Crippen LogP contribution in [-0.2, 0) is 6.18 Å². The van der Waals surface area contributed by atoms with Crippen LogP contribution >= 0.6 is 0 Å². The van der Waals surface area contributed by atoms with Gasteiger partial charge in [0, 0.05) is 23.9 Å². The molecular weight excluding hydrogens is 609 g/mol. The number of methoxy groups -OCH3 is 1. The monoisotopic (exact) mass is 644 g/mol. The van der Waals surface area contributed by atoms with Gasteiger partial charge in [-0.05, 0) is 98.1 Å². The molecule has 1 aliphatic rings. The molecule has 0 saturated carbocycles. The van der Waals surface area contributed by atoms with Gasteiger partial charge in [-0.2, -0.15) is 13.2 Å². The molecule has 1 N–H and O–H groups in total. The normalized spacial score (nSPS) is 13.9. The van der Waals surface area contributed by atoms with Crippen LogP contribution in [0.4, 0.5) is 18.9 Å². The first-order valence-corrected chi connectivity index (χ1v) is 15.6. The third-order valence-electron chi connectivity index (χ3n) is 8.41. The summed E-state index contributed by atoms with van der Waals surface area (Å²) in [5, 5.41) is 4.59. The number of anilines is 1. The zero-order valence-electron chi connectivity index (χ0n) is 26.2. The summed E-state index contributed by atoms with van der Waals surface area (Å²) in [6, 6.07) is 17.7. The summed E-state index contributed by atoms with van der Waals surface area (Å²) < 4.78 is 58.1. The van der Waals surface area contributed by atoms with Gasteiger partial charge in [0.1, 0.15) is 12.1 Å². The van der Waals surface area contributed by atoms with Gasteiger partial charge in [0.15, 0.2) is 11.5 Å². The van der Waals surface area contributed by atoms with Crippen LogP contribution < -0.4 is 19.5 Å². The highest BCUT2D eigenvalue weighted by molar-refractivity contribution is 6.13. The minimum absolute atomic E-state index is 0.0514. The number of ether oxygens (including phenoxy) is 3. The van der Waals surface area contributed by atoms with E-state index in [0.717, 1.165) is 32.1 Å². The molecule has 11 heteroatoms. The Morgan fingerprint density at radius 2 is 1.74 bits per heavy atom. The Balaban J connectivity index is 1.19. The van der Waals surface area contributed by atoms with Crippen LogP contribution in [0.15, 0.2) is 73.1 Å². The molecular formula is C36H35F3N4O4. The number of nitrogens with zero attached hydrogens (tertiary/aromatic N) is 3. The molecule has 47 heavy (non-hydrogen) atoms. The highest BCUT2D eigenvalue weighted by Crippen LogP contribution is 2.37. The smallest absolute Gasteiger partial charge is 0.416 e. The average Bonchev–Trinajstić information content (AvgIpc) is 3.07. The summed E-state index contributed by atoms with van der Waals surface area (Å²) in [5.41, 5.74) is 0.193. The van der Waals surface area contributed by atoms with Gasteiger partial charge >= 0.3 is 6.18 Å². The maximum absolute atomic E-state index is 13.4. The van der Waals surface area contributed by atoms with Crippen LogP contribution in [0.5, 0.6) is 23.1 Å². The van der Waals surface area contributed by atoms with E-state index in [9.17, 15) is 18.0 Å². The van der Waals surface area contributed by atoms with Gasteiger partial charge in [-0.25, -0.2) is 9.97 Å². The fourth-order valence-electron chi connectivity index (χ4n) is 5.95. The lowest BCUT2D eigenvalue weighted by Gasteiger charge is -2.26. The number of likely N-dealkylation sites (tertiary alicyclic amines) is 1. The largest absolute Gasteiger partial charge is 0.493 e. The molecule has 8 nitrogen and oxygen atoms in total. The third-order valence-corrected chi connectivity index (χ3v) is 8.41. The van der Waals surface area contributed by atoms with E-state index in [0.29, 0.717) is 57.0 Å². The van der Waals surface area contributed by atoms with E-state index in [1.54, 1.807) is 43.5 Å². The fourth-order valence-corrected chi connectivity index (χ4v) is 5.95. The van der Waals surface area contributed by atoms with Crippen molar-refractivity contribution in [1.29, 1.82) is 0 Å². The van der Waals surface area contributed by atoms with Gasteiger partial charge in [-0.3, -0.25) is 4.79 Å². The van der Waals surface area contributed by atoms with Crippen LogP contribution in [-0.4, -0.2) is 54.1 Å². The number of fused-ring (bicyclic) bond motifs is 2. The molecule has 2 heterocycles. The molecule has 0 bridgehead atoms. The fraction of sp³-hybridized carbons (Fsp3) is 0.306. The van der Waals surface area contributed by atoms with Crippen LogP contribution in [0.2, 0.25) is 0 Å². The van der Waals surface area contributed by atoms with Crippen molar-refractivity contribution in [3.8, 4) is 23.1 Å². The highest BCUT2D eigenvalue weighted by atomic mass is 19.4. The molecule has 0 spiro atoms. The minimum Gasteiger partial charge on any atom is -0.493 e. The van der Waals surface area contributed by atoms with E-state index in [-0.39, 0.29) is 11.3 Å². The quantitative estimate of drug-likeness (QED) is 0.153. The van der Waals surface area contributed by atoms with Crippen molar-refractivity contribution in [3.05, 3.63) is 89.7 Å². The van der Waals surface area contributed by atoms with Crippen LogP contribution in [0.3, 0.4) is 0 Å². The lowest BCUT2D eigenvalue weighted by molar-refractivity contribution is -0.138. The molecule has 0 atom stereocenters. The topological polar surface area (TPSA) is 85.8 Å². The summed E-state index contributed by atoms with van der Waals surface area (Å²) in [7, 11) is 1.58. The number of amides is 1. The number of benzene rings is 4. The van der Waals surface area contributed by atoms with Crippen molar-refractivity contribution in [1.82, 2.24) is 14.9 Å². The molecule has 1 aliphatic heterocycles. The second kappa shape index (κ2) is 13.8. The van der Waals surface area contributed by atoms with E-state index in [1.807, 2.05) is 12.1 Å². The summed E-state index contributed by atoms with van der Waals surface area (Å²) in [5.74, 6) is 1.41. The molecule has 1 saturated heterocycles. The van der Waals surface area contributed by atoms with E-state index in [1.165, 1.54) is 44.6 Å². The zero-order valence-corrected chi connectivity index (χ0v) is 26.2. The van der Waals surface area contributed by atoms with Gasteiger partial charge in [-0.1, -0.05) is 24.6 Å². The standard InChI is InChI=1S/C36H35F3N4O4/c1-23-29(36(37,38)39)11-7-12-30(23)42-34(44)27-10-6-9-24-19-25(13-14-26(24)27)47-35-28-20-32(45-2)33(21-31(28)40-22-41-35)46-18-8-17-43-15-4-3-5-16-43/h6-7,9-14,19-22H,3-5,8,15-18H2,1-2H3,(H,42,44). The number of hydrogen-bond donors (Lipinski definition) is 1. The van der Waals surface area contributed by atoms with Gasteiger partial charge < -0.3 is 24.4 Å². The number of nitrogens with one attached hydrogen (secondary N) is 1. The van der Waals surface area contributed by atoms with Crippen molar-refractivity contribution in [3.63, 3.8) is 0 Å². The highest BCUT2D eigenvalue weighted by Gasteiger charge is 2.33. The number of piperidine rings is 1. The Morgan fingerprint density at radius 3 is 2.53 bits per heavy atom. The van der Waals surface area contributed by atoms with Gasteiger partial charge in [0.05, 0.1) is 30.2 Å². The Morgan fingerprint density at radius 1 is 0.936 bits per heavy atom. The predicted octanol–water partition coefficient (Wildman–Crippen LogP) is 8.42. The van der Waals surface area contributed by atoms with Crippen molar-refractivity contribution < 1.29 is 32.2 Å². The minimum atomic E-state index is -4.52. The van der Waals surface area contributed by atoms with Crippen LogP contribution in [0.25, 0.3) is 21.7 Å². The van der Waals surface area contributed by atoms with Crippen molar-refractivity contribution >= 4 is 33.3 Å². The van der Waals surface area contributed by atoms with Crippen molar-refractivity contribution in [2.24, 2.45) is 0 Å². The Bertz CT molecular complexity index is 1910. The number of carbonyl (C=O) groups excluding carboxylic acids is 1. The van der Waals surface area contributed by atoms with Crippen LogP contribution in [0, 0.1) is 6.92 Å². The first-order valence-electron chi connectivity index (χ1n) is 15.6. The average molecular weight is 645 g/mol. The van der Waals surface area contributed by atoms with E-state index >= 15 is 0 Å². The lowest BCUT2D eigenvalue weighted by atomic mass is 10.0. The zero-order chi connectivity index (χ0) is 33.0.